The molecule has 0 bridgehead atoms. The van der Waals surface area contributed by atoms with Crippen molar-refractivity contribution < 1.29 is 19.1 Å². The molecule has 28 heavy (non-hydrogen) atoms. The first kappa shape index (κ1) is 19.7. The molecule has 0 aromatic heterocycles. The maximum absolute atomic E-state index is 12.1. The Kier molecular flexibility index (Phi) is 6.83. The minimum absolute atomic E-state index is 0.0219. The number of carbonyl (C=O) groups is 2. The summed E-state index contributed by atoms with van der Waals surface area (Å²) in [6, 6.07) is 14.4. The molecule has 0 aliphatic carbocycles. The van der Waals surface area contributed by atoms with E-state index in [1.54, 1.807) is 18.2 Å². The van der Waals surface area contributed by atoms with Crippen molar-refractivity contribution in [2.24, 2.45) is 0 Å². The molecule has 3 rings (SSSR count). The molecule has 1 atom stereocenters. The number of anilines is 1. The smallest absolute Gasteiger partial charge is 0.337 e. The van der Waals surface area contributed by atoms with E-state index in [0.29, 0.717) is 23.2 Å². The van der Waals surface area contributed by atoms with Crippen molar-refractivity contribution in [2.75, 3.05) is 19.0 Å². The number of methoxy groups -OCH3 is 1. The van der Waals surface area contributed by atoms with Crippen LogP contribution in [0.4, 0.5) is 5.69 Å². The van der Waals surface area contributed by atoms with E-state index in [9.17, 15) is 9.59 Å². The van der Waals surface area contributed by atoms with Gasteiger partial charge in [-0.3, -0.25) is 4.79 Å². The quantitative estimate of drug-likeness (QED) is 0.636. The summed E-state index contributed by atoms with van der Waals surface area (Å²) in [6.45, 7) is 0.801. The van der Waals surface area contributed by atoms with Gasteiger partial charge in [0, 0.05) is 29.8 Å². The minimum Gasteiger partial charge on any atom is -0.465 e. The number of hydrogen-bond acceptors (Lipinski definition) is 4. The minimum atomic E-state index is -0.392. The molecule has 0 radical (unpaired) electrons. The molecule has 5 heteroatoms. The van der Waals surface area contributed by atoms with Gasteiger partial charge < -0.3 is 14.8 Å². The van der Waals surface area contributed by atoms with E-state index in [2.05, 4.69) is 17.2 Å². The Morgan fingerprint density at radius 3 is 2.61 bits per heavy atom. The number of benzene rings is 2. The second kappa shape index (κ2) is 9.72. The fourth-order valence-corrected chi connectivity index (χ4v) is 3.05. The highest BCUT2D eigenvalue weighted by Crippen LogP contribution is 2.17. The van der Waals surface area contributed by atoms with Gasteiger partial charge in [-0.1, -0.05) is 24.0 Å². The Morgan fingerprint density at radius 2 is 1.89 bits per heavy atom. The van der Waals surface area contributed by atoms with Gasteiger partial charge in [-0.2, -0.15) is 0 Å². The fraction of sp³-hybridized carbons (Fsp3) is 0.304. The van der Waals surface area contributed by atoms with Crippen molar-refractivity contribution in [1.82, 2.24) is 0 Å². The van der Waals surface area contributed by atoms with Gasteiger partial charge in [0.05, 0.1) is 18.8 Å². The molecule has 1 aliphatic heterocycles. The largest absolute Gasteiger partial charge is 0.465 e. The molecule has 1 amide bonds. The summed E-state index contributed by atoms with van der Waals surface area (Å²) in [5, 5.41) is 2.91. The van der Waals surface area contributed by atoms with E-state index >= 15 is 0 Å². The monoisotopic (exact) mass is 377 g/mol. The Balaban J connectivity index is 1.61. The summed E-state index contributed by atoms with van der Waals surface area (Å²) < 4.78 is 10.3. The van der Waals surface area contributed by atoms with Crippen molar-refractivity contribution in [3.05, 3.63) is 65.2 Å². The van der Waals surface area contributed by atoms with E-state index in [1.165, 1.54) is 7.11 Å². The summed E-state index contributed by atoms with van der Waals surface area (Å²) in [6.07, 6.45) is 3.53. The molecule has 144 valence electrons. The first-order valence-electron chi connectivity index (χ1n) is 9.36. The predicted molar refractivity (Wildman–Crippen MR) is 107 cm³/mol. The molecule has 1 saturated heterocycles. The third kappa shape index (κ3) is 5.70. The summed E-state index contributed by atoms with van der Waals surface area (Å²) in [4.78, 5) is 23.7. The van der Waals surface area contributed by atoms with Gasteiger partial charge in [-0.25, -0.2) is 4.79 Å². The second-order valence-electron chi connectivity index (χ2n) is 6.63. The van der Waals surface area contributed by atoms with E-state index in [1.807, 2.05) is 30.3 Å². The molecule has 1 aliphatic rings. The van der Waals surface area contributed by atoms with Gasteiger partial charge in [0.1, 0.15) is 0 Å². The molecule has 1 fully saturated rings. The summed E-state index contributed by atoms with van der Waals surface area (Å²) in [5.74, 6) is 5.68. The van der Waals surface area contributed by atoms with Crippen LogP contribution in [-0.4, -0.2) is 31.7 Å². The molecule has 2 aromatic rings. The average Bonchev–Trinajstić information content (AvgIpc) is 3.24. The fourth-order valence-electron chi connectivity index (χ4n) is 3.05. The number of ether oxygens (including phenoxy) is 2. The Hall–Kier alpha value is -3.10. The van der Waals surface area contributed by atoms with Gasteiger partial charge >= 0.3 is 5.97 Å². The lowest BCUT2D eigenvalue weighted by Gasteiger charge is -2.09. The van der Waals surface area contributed by atoms with Crippen LogP contribution in [0.1, 0.15) is 47.2 Å². The maximum atomic E-state index is 12.1. The van der Waals surface area contributed by atoms with Gasteiger partial charge in [-0.15, -0.1) is 0 Å². The molecule has 0 saturated carbocycles. The summed E-state index contributed by atoms with van der Waals surface area (Å²) >= 11 is 0. The lowest BCUT2D eigenvalue weighted by atomic mass is 10.1. The lowest BCUT2D eigenvalue weighted by Crippen LogP contribution is -2.15. The first-order chi connectivity index (χ1) is 13.6. The molecule has 5 nitrogen and oxygen atoms in total. The van der Waals surface area contributed by atoms with Gasteiger partial charge in [-0.05, 0) is 55.7 Å². The molecule has 1 N–H and O–H groups in total. The van der Waals surface area contributed by atoms with Crippen LogP contribution < -0.4 is 5.32 Å². The normalized spacial score (nSPS) is 15.4. The summed E-state index contributed by atoms with van der Waals surface area (Å²) in [7, 11) is 1.35. The summed E-state index contributed by atoms with van der Waals surface area (Å²) in [5.41, 5.74) is 2.67. The van der Waals surface area contributed by atoms with Crippen molar-refractivity contribution in [3.8, 4) is 11.8 Å². The van der Waals surface area contributed by atoms with Crippen molar-refractivity contribution >= 4 is 17.6 Å². The highest BCUT2D eigenvalue weighted by atomic mass is 16.5. The van der Waals surface area contributed by atoms with Crippen molar-refractivity contribution in [1.29, 1.82) is 0 Å². The zero-order chi connectivity index (χ0) is 19.8. The van der Waals surface area contributed by atoms with E-state index in [0.717, 1.165) is 31.4 Å². The van der Waals surface area contributed by atoms with Gasteiger partial charge in [0.2, 0.25) is 5.91 Å². The van der Waals surface area contributed by atoms with Gasteiger partial charge in [0.25, 0.3) is 0 Å². The second-order valence-corrected chi connectivity index (χ2v) is 6.63. The van der Waals surface area contributed by atoms with Gasteiger partial charge in [0.15, 0.2) is 0 Å². The molecule has 1 heterocycles. The number of nitrogens with one attached hydrogen (secondary N) is 1. The number of hydrogen-bond donors (Lipinski definition) is 1. The molecule has 2 aromatic carbocycles. The van der Waals surface area contributed by atoms with Crippen LogP contribution in [0.3, 0.4) is 0 Å². The van der Waals surface area contributed by atoms with Crippen LogP contribution in [0.25, 0.3) is 0 Å². The number of rotatable bonds is 5. The van der Waals surface area contributed by atoms with E-state index in [-0.39, 0.29) is 12.0 Å². The Bertz CT molecular complexity index is 904. The van der Waals surface area contributed by atoms with Crippen molar-refractivity contribution in [3.63, 3.8) is 0 Å². The highest BCUT2D eigenvalue weighted by Gasteiger charge is 2.16. The SMILES string of the molecule is COC(=O)c1cccc(C#Cc2cccc(NC(=O)CCC3CCCO3)c2)c1. The van der Waals surface area contributed by atoms with Crippen LogP contribution >= 0.6 is 0 Å². The first-order valence-corrected chi connectivity index (χ1v) is 9.36. The molecular weight excluding hydrogens is 354 g/mol. The Morgan fingerprint density at radius 1 is 1.14 bits per heavy atom. The molecule has 1 unspecified atom stereocenters. The maximum Gasteiger partial charge on any atom is 0.337 e. The average molecular weight is 377 g/mol. The predicted octanol–water partition coefficient (Wildman–Crippen LogP) is 3.77. The van der Waals surface area contributed by atoms with Crippen LogP contribution in [0.15, 0.2) is 48.5 Å². The Labute approximate surface area is 165 Å². The lowest BCUT2D eigenvalue weighted by molar-refractivity contribution is -0.116. The van der Waals surface area contributed by atoms with Crippen molar-refractivity contribution in [2.45, 2.75) is 31.8 Å². The third-order valence-electron chi connectivity index (χ3n) is 4.50. The topological polar surface area (TPSA) is 64.6 Å². The standard InChI is InChI=1S/C23H23NO4/c1-27-23(26)19-7-2-5-17(15-19)10-11-18-6-3-8-20(16-18)24-22(25)13-12-21-9-4-14-28-21/h2-3,5-8,15-16,21H,4,9,12-14H2,1H3,(H,24,25). The number of esters is 1. The van der Waals surface area contributed by atoms with Crippen LogP contribution in [-0.2, 0) is 14.3 Å². The van der Waals surface area contributed by atoms with Crippen LogP contribution in [0, 0.1) is 11.8 Å². The highest BCUT2D eigenvalue weighted by molar-refractivity contribution is 5.91. The van der Waals surface area contributed by atoms with Crippen LogP contribution in [0.2, 0.25) is 0 Å². The van der Waals surface area contributed by atoms with E-state index < -0.39 is 5.97 Å². The zero-order valence-corrected chi connectivity index (χ0v) is 15.9. The number of carbonyl (C=O) groups excluding carboxylic acids is 2. The molecule has 0 spiro atoms. The third-order valence-corrected chi connectivity index (χ3v) is 4.50. The number of amides is 1. The molecular formula is C23H23NO4. The van der Waals surface area contributed by atoms with Crippen LogP contribution in [0.5, 0.6) is 0 Å². The van der Waals surface area contributed by atoms with E-state index in [4.69, 9.17) is 9.47 Å². The zero-order valence-electron chi connectivity index (χ0n) is 15.9.